The fourth-order valence-corrected chi connectivity index (χ4v) is 3.50. The Morgan fingerprint density at radius 2 is 2.00 bits per heavy atom. The van der Waals surface area contributed by atoms with Gasteiger partial charge in [0.25, 0.3) is 0 Å². The SMILES string of the molecule is COc1ccc(N2CC(C(=O)Nc3ccccc3Cc3nc(C)no3)CC2=O)cc1. The highest BCUT2D eigenvalue weighted by Crippen LogP contribution is 2.28. The van der Waals surface area contributed by atoms with Gasteiger partial charge in [-0.1, -0.05) is 23.4 Å². The molecule has 0 spiro atoms. The maximum absolute atomic E-state index is 12.9. The van der Waals surface area contributed by atoms with Crippen LogP contribution in [0.2, 0.25) is 0 Å². The van der Waals surface area contributed by atoms with Crippen molar-refractivity contribution in [1.82, 2.24) is 10.1 Å². The summed E-state index contributed by atoms with van der Waals surface area (Å²) in [5.41, 5.74) is 2.29. The van der Waals surface area contributed by atoms with Crippen molar-refractivity contribution in [2.24, 2.45) is 5.92 Å². The van der Waals surface area contributed by atoms with Crippen LogP contribution in [0.15, 0.2) is 53.1 Å². The monoisotopic (exact) mass is 406 g/mol. The molecule has 1 aliphatic heterocycles. The Morgan fingerprint density at radius 1 is 1.23 bits per heavy atom. The number of nitrogens with zero attached hydrogens (tertiary/aromatic N) is 3. The Morgan fingerprint density at radius 3 is 2.70 bits per heavy atom. The van der Waals surface area contributed by atoms with Crippen LogP contribution in [-0.2, 0) is 16.0 Å². The molecule has 0 bridgehead atoms. The Labute approximate surface area is 173 Å². The Balaban J connectivity index is 1.45. The summed E-state index contributed by atoms with van der Waals surface area (Å²) in [6.45, 7) is 2.09. The lowest BCUT2D eigenvalue weighted by molar-refractivity contribution is -0.122. The van der Waals surface area contributed by atoms with Gasteiger partial charge in [-0.3, -0.25) is 9.59 Å². The van der Waals surface area contributed by atoms with Crippen LogP contribution in [0.5, 0.6) is 5.75 Å². The molecule has 0 radical (unpaired) electrons. The van der Waals surface area contributed by atoms with E-state index < -0.39 is 5.92 Å². The number of methoxy groups -OCH3 is 1. The molecular formula is C22H22N4O4. The van der Waals surface area contributed by atoms with Gasteiger partial charge in [0.1, 0.15) is 5.75 Å². The second kappa shape index (κ2) is 8.36. The third-order valence-corrected chi connectivity index (χ3v) is 5.07. The quantitative estimate of drug-likeness (QED) is 0.676. The predicted octanol–water partition coefficient (Wildman–Crippen LogP) is 2.97. The third kappa shape index (κ3) is 4.17. The van der Waals surface area contributed by atoms with E-state index in [1.54, 1.807) is 31.1 Å². The Bertz CT molecular complexity index is 1060. The van der Waals surface area contributed by atoms with Crippen LogP contribution in [0.1, 0.15) is 23.7 Å². The molecular weight excluding hydrogens is 384 g/mol. The molecule has 2 heterocycles. The summed E-state index contributed by atoms with van der Waals surface area (Å²) in [5, 5.41) is 6.76. The molecule has 154 valence electrons. The third-order valence-electron chi connectivity index (χ3n) is 5.07. The molecule has 1 aromatic heterocycles. The second-order valence-corrected chi connectivity index (χ2v) is 7.16. The number of rotatable bonds is 6. The number of hydrogen-bond acceptors (Lipinski definition) is 6. The maximum atomic E-state index is 12.9. The lowest BCUT2D eigenvalue weighted by Crippen LogP contribution is -2.28. The van der Waals surface area contributed by atoms with Crippen molar-refractivity contribution in [3.05, 3.63) is 65.8 Å². The van der Waals surface area contributed by atoms with Gasteiger partial charge in [0.2, 0.25) is 17.7 Å². The highest BCUT2D eigenvalue weighted by Gasteiger charge is 2.35. The topological polar surface area (TPSA) is 97.6 Å². The summed E-state index contributed by atoms with van der Waals surface area (Å²) in [6.07, 6.45) is 0.585. The number of ether oxygens (including phenoxy) is 1. The smallest absolute Gasteiger partial charge is 0.231 e. The number of para-hydroxylation sites is 1. The summed E-state index contributed by atoms with van der Waals surface area (Å²) in [6, 6.07) is 14.7. The van der Waals surface area contributed by atoms with E-state index in [1.807, 2.05) is 36.4 Å². The van der Waals surface area contributed by atoms with E-state index >= 15 is 0 Å². The number of aromatic nitrogens is 2. The lowest BCUT2D eigenvalue weighted by Gasteiger charge is -2.17. The van der Waals surface area contributed by atoms with Gasteiger partial charge in [-0.15, -0.1) is 0 Å². The van der Waals surface area contributed by atoms with Gasteiger partial charge in [-0.25, -0.2) is 0 Å². The minimum atomic E-state index is -0.432. The van der Waals surface area contributed by atoms with Crippen LogP contribution >= 0.6 is 0 Å². The van der Waals surface area contributed by atoms with Gasteiger partial charge < -0.3 is 19.5 Å². The van der Waals surface area contributed by atoms with E-state index in [1.165, 1.54) is 0 Å². The number of nitrogens with one attached hydrogen (secondary N) is 1. The van der Waals surface area contributed by atoms with Crippen molar-refractivity contribution in [3.63, 3.8) is 0 Å². The number of carbonyl (C=O) groups excluding carboxylic acids is 2. The minimum Gasteiger partial charge on any atom is -0.497 e. The standard InChI is InChI=1S/C22H22N4O4/c1-14-23-20(30-25-14)11-15-5-3-4-6-19(15)24-22(28)16-12-21(27)26(13-16)17-7-9-18(29-2)10-8-17/h3-10,16H,11-13H2,1-2H3,(H,24,28). The largest absolute Gasteiger partial charge is 0.497 e. The zero-order valence-corrected chi connectivity index (χ0v) is 16.8. The fourth-order valence-electron chi connectivity index (χ4n) is 3.50. The van der Waals surface area contributed by atoms with Crippen LogP contribution in [0, 0.1) is 12.8 Å². The van der Waals surface area contributed by atoms with Crippen molar-refractivity contribution in [3.8, 4) is 5.75 Å². The molecule has 8 heteroatoms. The molecule has 1 atom stereocenters. The van der Waals surface area contributed by atoms with Crippen LogP contribution < -0.4 is 15.0 Å². The fraction of sp³-hybridized carbons (Fsp3) is 0.273. The van der Waals surface area contributed by atoms with E-state index in [0.717, 1.165) is 11.3 Å². The molecule has 30 heavy (non-hydrogen) atoms. The van der Waals surface area contributed by atoms with Crippen molar-refractivity contribution in [2.45, 2.75) is 19.8 Å². The van der Waals surface area contributed by atoms with Gasteiger partial charge in [0.05, 0.1) is 19.4 Å². The molecule has 1 fully saturated rings. The first-order valence-corrected chi connectivity index (χ1v) is 9.66. The van der Waals surface area contributed by atoms with E-state index in [0.29, 0.717) is 36.1 Å². The van der Waals surface area contributed by atoms with E-state index in [4.69, 9.17) is 9.26 Å². The molecule has 1 N–H and O–H groups in total. The van der Waals surface area contributed by atoms with Crippen LogP contribution in [0.3, 0.4) is 0 Å². The predicted molar refractivity (Wildman–Crippen MR) is 110 cm³/mol. The number of hydrogen-bond donors (Lipinski definition) is 1. The molecule has 1 saturated heterocycles. The van der Waals surface area contributed by atoms with Crippen molar-refractivity contribution in [1.29, 1.82) is 0 Å². The highest BCUT2D eigenvalue weighted by atomic mass is 16.5. The van der Waals surface area contributed by atoms with Crippen molar-refractivity contribution >= 4 is 23.2 Å². The van der Waals surface area contributed by atoms with Crippen molar-refractivity contribution < 1.29 is 18.8 Å². The Hall–Kier alpha value is -3.68. The average Bonchev–Trinajstić information content (AvgIpc) is 3.35. The summed E-state index contributed by atoms with van der Waals surface area (Å²) in [7, 11) is 1.59. The molecule has 2 aromatic carbocycles. The molecule has 8 nitrogen and oxygen atoms in total. The van der Waals surface area contributed by atoms with Crippen LogP contribution in [0.25, 0.3) is 0 Å². The molecule has 4 rings (SSSR count). The molecule has 3 aromatic rings. The number of amides is 2. The van der Waals surface area contributed by atoms with Crippen molar-refractivity contribution in [2.75, 3.05) is 23.9 Å². The van der Waals surface area contributed by atoms with E-state index in [2.05, 4.69) is 15.5 Å². The number of aryl methyl sites for hydroxylation is 1. The number of anilines is 2. The number of carbonyl (C=O) groups is 2. The first-order chi connectivity index (χ1) is 14.5. The summed E-state index contributed by atoms with van der Waals surface area (Å²) in [5.74, 6) is 1.07. The summed E-state index contributed by atoms with van der Waals surface area (Å²) in [4.78, 5) is 31.2. The summed E-state index contributed by atoms with van der Waals surface area (Å²) >= 11 is 0. The molecule has 1 aliphatic rings. The average molecular weight is 406 g/mol. The van der Waals surface area contributed by atoms with Gasteiger partial charge in [0.15, 0.2) is 5.82 Å². The zero-order chi connectivity index (χ0) is 21.1. The Kier molecular flexibility index (Phi) is 5.47. The second-order valence-electron chi connectivity index (χ2n) is 7.16. The molecule has 2 amide bonds. The van der Waals surface area contributed by atoms with Gasteiger partial charge in [-0.05, 0) is 42.8 Å². The normalized spacial score (nSPS) is 16.0. The lowest BCUT2D eigenvalue weighted by atomic mass is 10.1. The van der Waals surface area contributed by atoms with E-state index in [9.17, 15) is 9.59 Å². The maximum Gasteiger partial charge on any atom is 0.231 e. The van der Waals surface area contributed by atoms with Crippen LogP contribution in [-0.4, -0.2) is 35.6 Å². The highest BCUT2D eigenvalue weighted by molar-refractivity contribution is 6.03. The minimum absolute atomic E-state index is 0.0741. The van der Waals surface area contributed by atoms with E-state index in [-0.39, 0.29) is 18.2 Å². The van der Waals surface area contributed by atoms with Crippen LogP contribution in [0.4, 0.5) is 11.4 Å². The van der Waals surface area contributed by atoms with Gasteiger partial charge >= 0.3 is 0 Å². The zero-order valence-electron chi connectivity index (χ0n) is 16.8. The first-order valence-electron chi connectivity index (χ1n) is 9.66. The summed E-state index contributed by atoms with van der Waals surface area (Å²) < 4.78 is 10.3. The van der Waals surface area contributed by atoms with Gasteiger partial charge in [-0.2, -0.15) is 4.98 Å². The van der Waals surface area contributed by atoms with Gasteiger partial charge in [0, 0.05) is 24.3 Å². The molecule has 1 unspecified atom stereocenters. The number of benzene rings is 2. The molecule has 0 saturated carbocycles. The molecule has 0 aliphatic carbocycles. The first kappa shape index (κ1) is 19.6.